The van der Waals surface area contributed by atoms with E-state index in [1.54, 1.807) is 41.3 Å². The topological polar surface area (TPSA) is 57.6 Å². The van der Waals surface area contributed by atoms with E-state index in [-0.39, 0.29) is 17.4 Å². The lowest BCUT2D eigenvalue weighted by atomic mass is 9.91. The Morgan fingerprint density at radius 2 is 1.57 bits per heavy atom. The highest BCUT2D eigenvalue weighted by Gasteiger charge is 2.48. The summed E-state index contributed by atoms with van der Waals surface area (Å²) in [5, 5.41) is 11.5. The van der Waals surface area contributed by atoms with Crippen LogP contribution in [0.25, 0.3) is 5.76 Å². The molecule has 1 amide bonds. The van der Waals surface area contributed by atoms with Crippen LogP contribution < -0.4 is 0 Å². The third kappa shape index (κ3) is 3.33. The number of Topliss-reactive ketones (excluding diaryl/α,β-unsaturated/α-hetero) is 1. The Morgan fingerprint density at radius 1 is 0.929 bits per heavy atom. The van der Waals surface area contributed by atoms with Gasteiger partial charge in [0.1, 0.15) is 5.76 Å². The number of carbonyl (C=O) groups is 2. The minimum absolute atomic E-state index is 0.00644. The summed E-state index contributed by atoms with van der Waals surface area (Å²) in [6.07, 6.45) is 4.99. The number of hydrogen-bond acceptors (Lipinski definition) is 3. The molecule has 2 aromatic rings. The summed E-state index contributed by atoms with van der Waals surface area (Å²) in [6.45, 7) is 0. The molecule has 0 radical (unpaired) electrons. The molecule has 28 heavy (non-hydrogen) atoms. The fourth-order valence-corrected chi connectivity index (χ4v) is 4.44. The fraction of sp³-hybridized carbons (Fsp3) is 0.304. The SMILES string of the molecule is O=C1C(=O)N(C2CCCCC2)C(c2ccc(Cl)cc2)/C1=C(/O)c1ccccc1. The molecule has 5 heteroatoms. The van der Waals surface area contributed by atoms with Crippen LogP contribution in [0.2, 0.25) is 5.02 Å². The second-order valence-corrected chi connectivity index (χ2v) is 7.85. The Hall–Kier alpha value is -2.59. The van der Waals surface area contributed by atoms with E-state index in [0.717, 1.165) is 37.7 Å². The van der Waals surface area contributed by atoms with E-state index in [2.05, 4.69) is 0 Å². The zero-order chi connectivity index (χ0) is 19.7. The van der Waals surface area contributed by atoms with E-state index in [4.69, 9.17) is 11.6 Å². The van der Waals surface area contributed by atoms with Crippen LogP contribution in [-0.2, 0) is 9.59 Å². The minimum Gasteiger partial charge on any atom is -0.507 e. The van der Waals surface area contributed by atoms with Gasteiger partial charge in [-0.2, -0.15) is 0 Å². The summed E-state index contributed by atoms with van der Waals surface area (Å²) in [5.41, 5.74) is 1.47. The van der Waals surface area contributed by atoms with E-state index in [9.17, 15) is 14.7 Å². The van der Waals surface area contributed by atoms with Crippen molar-refractivity contribution < 1.29 is 14.7 Å². The van der Waals surface area contributed by atoms with E-state index < -0.39 is 17.7 Å². The zero-order valence-corrected chi connectivity index (χ0v) is 16.2. The zero-order valence-electron chi connectivity index (χ0n) is 15.5. The molecule has 1 atom stereocenters. The maximum atomic E-state index is 13.0. The first-order valence-corrected chi connectivity index (χ1v) is 10.1. The molecule has 2 aromatic carbocycles. The van der Waals surface area contributed by atoms with Crippen molar-refractivity contribution in [2.24, 2.45) is 0 Å². The van der Waals surface area contributed by atoms with E-state index >= 15 is 0 Å². The maximum Gasteiger partial charge on any atom is 0.295 e. The minimum atomic E-state index is -0.619. The summed E-state index contributed by atoms with van der Waals surface area (Å²) in [4.78, 5) is 27.7. The summed E-state index contributed by atoms with van der Waals surface area (Å²) in [7, 11) is 0. The Labute approximate surface area is 169 Å². The van der Waals surface area contributed by atoms with Crippen molar-refractivity contribution in [3.63, 3.8) is 0 Å². The molecule has 0 aromatic heterocycles. The number of aliphatic hydroxyl groups excluding tert-OH is 1. The quantitative estimate of drug-likeness (QED) is 0.447. The van der Waals surface area contributed by atoms with Crippen LogP contribution in [0.4, 0.5) is 0 Å². The van der Waals surface area contributed by atoms with Gasteiger partial charge in [0.25, 0.3) is 11.7 Å². The number of halogens is 1. The van der Waals surface area contributed by atoms with Crippen LogP contribution in [0.15, 0.2) is 60.2 Å². The fourth-order valence-electron chi connectivity index (χ4n) is 4.31. The Balaban J connectivity index is 1.86. The molecule has 1 heterocycles. The normalized spacial score (nSPS) is 22.6. The summed E-state index contributed by atoms with van der Waals surface area (Å²) in [6, 6.07) is 15.5. The molecule has 1 aliphatic heterocycles. The molecular formula is C23H22ClNO3. The molecule has 1 N–H and O–H groups in total. The van der Waals surface area contributed by atoms with Crippen LogP contribution in [-0.4, -0.2) is 27.7 Å². The number of ketones is 1. The molecule has 1 unspecified atom stereocenters. The van der Waals surface area contributed by atoms with Crippen molar-refractivity contribution in [3.8, 4) is 0 Å². The van der Waals surface area contributed by atoms with Gasteiger partial charge in [-0.25, -0.2) is 0 Å². The van der Waals surface area contributed by atoms with Crippen LogP contribution in [0.5, 0.6) is 0 Å². The van der Waals surface area contributed by atoms with Crippen molar-refractivity contribution in [3.05, 3.63) is 76.3 Å². The molecule has 2 aliphatic rings. The molecule has 0 bridgehead atoms. The van der Waals surface area contributed by atoms with E-state index in [1.807, 2.05) is 18.2 Å². The first kappa shape index (κ1) is 18.8. The highest BCUT2D eigenvalue weighted by atomic mass is 35.5. The predicted octanol–water partition coefficient (Wildman–Crippen LogP) is 5.09. The lowest BCUT2D eigenvalue weighted by molar-refractivity contribution is -0.141. The molecule has 1 aliphatic carbocycles. The predicted molar refractivity (Wildman–Crippen MR) is 109 cm³/mol. The Bertz CT molecular complexity index is 915. The monoisotopic (exact) mass is 395 g/mol. The average Bonchev–Trinajstić information content (AvgIpc) is 3.00. The number of aliphatic hydroxyl groups is 1. The largest absolute Gasteiger partial charge is 0.507 e. The third-order valence-electron chi connectivity index (χ3n) is 5.68. The number of benzene rings is 2. The number of hydrogen-bond donors (Lipinski definition) is 1. The molecular weight excluding hydrogens is 374 g/mol. The van der Waals surface area contributed by atoms with Crippen molar-refractivity contribution in [1.29, 1.82) is 0 Å². The van der Waals surface area contributed by atoms with Gasteiger partial charge < -0.3 is 10.0 Å². The molecule has 4 rings (SSSR count). The maximum absolute atomic E-state index is 13.0. The van der Waals surface area contributed by atoms with Crippen LogP contribution in [0.3, 0.4) is 0 Å². The number of nitrogens with zero attached hydrogens (tertiary/aromatic N) is 1. The van der Waals surface area contributed by atoms with Crippen LogP contribution >= 0.6 is 11.6 Å². The van der Waals surface area contributed by atoms with Gasteiger partial charge in [0, 0.05) is 16.6 Å². The van der Waals surface area contributed by atoms with Gasteiger partial charge in [-0.3, -0.25) is 9.59 Å². The van der Waals surface area contributed by atoms with Crippen molar-refractivity contribution in [1.82, 2.24) is 4.90 Å². The second kappa shape index (κ2) is 7.80. The smallest absolute Gasteiger partial charge is 0.295 e. The van der Waals surface area contributed by atoms with Crippen LogP contribution in [0, 0.1) is 0 Å². The standard InChI is InChI=1S/C23H22ClNO3/c24-17-13-11-15(12-14-17)20-19(21(26)16-7-3-1-4-8-16)22(27)23(28)25(20)18-9-5-2-6-10-18/h1,3-4,7-8,11-14,18,20,26H,2,5-6,9-10H2/b21-19-. The number of rotatable bonds is 3. The first-order chi connectivity index (χ1) is 13.6. The molecule has 2 fully saturated rings. The first-order valence-electron chi connectivity index (χ1n) is 9.69. The Morgan fingerprint density at radius 3 is 2.21 bits per heavy atom. The molecule has 0 spiro atoms. The highest BCUT2D eigenvalue weighted by molar-refractivity contribution is 6.46. The van der Waals surface area contributed by atoms with Crippen molar-refractivity contribution in [2.45, 2.75) is 44.2 Å². The highest BCUT2D eigenvalue weighted by Crippen LogP contribution is 2.43. The molecule has 144 valence electrons. The lowest BCUT2D eigenvalue weighted by Gasteiger charge is -2.35. The van der Waals surface area contributed by atoms with Gasteiger partial charge >= 0.3 is 0 Å². The number of amides is 1. The van der Waals surface area contributed by atoms with Crippen LogP contribution in [0.1, 0.15) is 49.3 Å². The van der Waals surface area contributed by atoms with E-state index in [1.165, 1.54) is 0 Å². The molecule has 1 saturated carbocycles. The third-order valence-corrected chi connectivity index (χ3v) is 5.93. The van der Waals surface area contributed by atoms with Gasteiger partial charge in [0.15, 0.2) is 0 Å². The molecule has 1 saturated heterocycles. The van der Waals surface area contributed by atoms with Crippen molar-refractivity contribution in [2.75, 3.05) is 0 Å². The average molecular weight is 396 g/mol. The summed E-state index contributed by atoms with van der Waals surface area (Å²) < 4.78 is 0. The Kier molecular flexibility index (Phi) is 5.23. The lowest BCUT2D eigenvalue weighted by Crippen LogP contribution is -2.40. The summed E-state index contributed by atoms with van der Waals surface area (Å²) >= 11 is 6.05. The van der Waals surface area contributed by atoms with Gasteiger partial charge in [-0.1, -0.05) is 73.3 Å². The number of carbonyl (C=O) groups excluding carboxylic acids is 2. The van der Waals surface area contributed by atoms with Gasteiger partial charge in [0.05, 0.1) is 11.6 Å². The summed E-state index contributed by atoms with van der Waals surface area (Å²) in [5.74, 6) is -1.27. The second-order valence-electron chi connectivity index (χ2n) is 7.42. The van der Waals surface area contributed by atoms with Crippen molar-refractivity contribution >= 4 is 29.1 Å². The van der Waals surface area contributed by atoms with Gasteiger partial charge in [-0.05, 0) is 30.5 Å². The van der Waals surface area contributed by atoms with Gasteiger partial charge in [-0.15, -0.1) is 0 Å². The van der Waals surface area contributed by atoms with Gasteiger partial charge in [0.2, 0.25) is 0 Å². The molecule has 4 nitrogen and oxygen atoms in total. The van der Waals surface area contributed by atoms with E-state index in [0.29, 0.717) is 10.6 Å². The number of likely N-dealkylation sites (tertiary alicyclic amines) is 1.